The summed E-state index contributed by atoms with van der Waals surface area (Å²) < 4.78 is 4.70. The molecule has 0 saturated heterocycles. The summed E-state index contributed by atoms with van der Waals surface area (Å²) in [6.07, 6.45) is -0.494. The van der Waals surface area contributed by atoms with Crippen molar-refractivity contribution in [3.63, 3.8) is 0 Å². The second kappa shape index (κ2) is 31.8. The number of aliphatic hydroxyl groups excluding tert-OH is 3. The number of hydrogen-bond donors (Lipinski definition) is 4. The molecule has 0 aromatic carbocycles. The Morgan fingerprint density at radius 3 is 1.00 bits per heavy atom. The number of carboxylic acid groups (broad SMARTS) is 1. The summed E-state index contributed by atoms with van der Waals surface area (Å²) in [5.41, 5.74) is 0. The van der Waals surface area contributed by atoms with Gasteiger partial charge < -0.3 is 31.1 Å². The fourth-order valence-electron chi connectivity index (χ4n) is 0.238. The summed E-state index contributed by atoms with van der Waals surface area (Å²) in [5, 5.41) is 32.2. The molecule has 6 nitrogen and oxygen atoms in total. The van der Waals surface area contributed by atoms with Crippen LogP contribution in [0.25, 0.3) is 0 Å². The first-order valence-electron chi connectivity index (χ1n) is 8.20. The van der Waals surface area contributed by atoms with Crippen LogP contribution in [0.15, 0.2) is 0 Å². The van der Waals surface area contributed by atoms with Crippen LogP contribution in [0.4, 0.5) is 0 Å². The fraction of sp³-hybridized carbons (Fsp3) is 0.889. The second-order valence-electron chi connectivity index (χ2n) is 6.53. The van der Waals surface area contributed by atoms with Crippen LogP contribution < -0.4 is 0 Å². The number of carboxylic acids is 1. The molecular weight excluding hydrogens is 360 g/mol. The summed E-state index contributed by atoms with van der Waals surface area (Å²) in [6.45, 7) is 20.0. The number of aliphatic hydroxyl groups is 3. The normalized spacial score (nSPS) is 8.92. The Kier molecular flexibility index (Phi) is 50.7. The maximum absolute atomic E-state index is 9.78. The monoisotopic (exact) mass is 403 g/mol. The molecule has 0 aromatic rings. The molecule has 0 bridgehead atoms. The number of hydrogen-bond acceptors (Lipinski definition) is 5. The minimum atomic E-state index is -0.918. The molecule has 0 atom stereocenters. The SMILES string of the molecule is CC(C)O.CC(C)O.CC(C)O.CC(C)OCC(=O)O.C[C-](C)C.[Ti]. The van der Waals surface area contributed by atoms with Crippen molar-refractivity contribution in [2.24, 2.45) is 0 Å². The zero-order chi connectivity index (χ0) is 20.9. The Morgan fingerprint density at radius 2 is 0.960 bits per heavy atom. The third-order valence-electron chi connectivity index (χ3n) is 0.540. The van der Waals surface area contributed by atoms with Gasteiger partial charge in [0.2, 0.25) is 0 Å². The number of carbonyl (C=O) groups is 1. The first kappa shape index (κ1) is 39.9. The van der Waals surface area contributed by atoms with Crippen molar-refractivity contribution in [3.8, 4) is 0 Å². The molecule has 0 rings (SSSR count). The molecule has 0 aliphatic rings. The number of rotatable bonds is 3. The molecule has 25 heavy (non-hydrogen) atoms. The Morgan fingerprint density at radius 1 is 0.800 bits per heavy atom. The van der Waals surface area contributed by atoms with Crippen LogP contribution in [0.2, 0.25) is 0 Å². The van der Waals surface area contributed by atoms with Crippen molar-refractivity contribution in [1.29, 1.82) is 0 Å². The van der Waals surface area contributed by atoms with Gasteiger partial charge in [0.05, 0.1) is 6.10 Å². The third-order valence-corrected chi connectivity index (χ3v) is 0.540. The third kappa shape index (κ3) is 462. The predicted octanol–water partition coefficient (Wildman–Crippen LogP) is 3.28. The van der Waals surface area contributed by atoms with Crippen LogP contribution >= 0.6 is 0 Å². The molecule has 0 radical (unpaired) electrons. The Hall–Kier alpha value is 0.0243. The van der Waals surface area contributed by atoms with Crippen molar-refractivity contribution in [2.45, 2.75) is 101 Å². The van der Waals surface area contributed by atoms with Gasteiger partial charge in [-0.1, -0.05) is 0 Å². The van der Waals surface area contributed by atoms with E-state index in [1.165, 1.54) is 5.92 Å². The van der Waals surface area contributed by atoms with Crippen molar-refractivity contribution in [1.82, 2.24) is 0 Å². The first-order chi connectivity index (χ1) is 10.6. The van der Waals surface area contributed by atoms with Gasteiger partial charge in [-0.2, -0.15) is 20.8 Å². The molecule has 0 fully saturated rings. The Labute approximate surface area is 170 Å². The number of aliphatic carboxylic acids is 1. The van der Waals surface area contributed by atoms with Gasteiger partial charge >= 0.3 is 5.97 Å². The van der Waals surface area contributed by atoms with Crippen LogP contribution in [0.3, 0.4) is 0 Å². The summed E-state index contributed by atoms with van der Waals surface area (Å²) in [4.78, 5) is 9.78. The minimum absolute atomic E-state index is 0. The molecule has 0 heterocycles. The van der Waals surface area contributed by atoms with E-state index < -0.39 is 5.97 Å². The van der Waals surface area contributed by atoms with Crippen LogP contribution in [0.1, 0.15) is 76.2 Å². The number of ether oxygens (including phenoxy) is 1. The molecule has 0 aromatic heterocycles. The minimum Gasteiger partial charge on any atom is -0.480 e. The van der Waals surface area contributed by atoms with E-state index in [1.54, 1.807) is 55.4 Å². The van der Waals surface area contributed by atoms with E-state index in [2.05, 4.69) is 20.8 Å². The first-order valence-corrected chi connectivity index (χ1v) is 8.20. The molecule has 0 spiro atoms. The van der Waals surface area contributed by atoms with Crippen molar-refractivity contribution < 1.29 is 51.7 Å². The van der Waals surface area contributed by atoms with Crippen LogP contribution in [-0.2, 0) is 31.2 Å². The van der Waals surface area contributed by atoms with E-state index in [-0.39, 0.29) is 52.7 Å². The molecule has 0 aliphatic heterocycles. The zero-order valence-corrected chi connectivity index (χ0v) is 19.7. The standard InChI is InChI=1S/C5H10O3.C4H9.3C3H8O.Ti/c1-4(2)8-3-5(6)7;1-4(2)3;3*1-3(2)4;/h4H,3H2,1-2H3,(H,6,7);1-3H3;3*3-4H,1-2H3;/q;-1;;;;. The zero-order valence-electron chi connectivity index (χ0n) is 18.1. The van der Waals surface area contributed by atoms with Gasteiger partial charge in [-0.05, 0) is 55.4 Å². The van der Waals surface area contributed by atoms with Gasteiger partial charge in [-0.25, -0.2) is 4.79 Å². The van der Waals surface area contributed by atoms with Crippen LogP contribution in [0.5, 0.6) is 0 Å². The van der Waals surface area contributed by atoms with Crippen molar-refractivity contribution >= 4 is 5.97 Å². The molecule has 0 aliphatic carbocycles. The van der Waals surface area contributed by atoms with E-state index in [0.29, 0.717) is 0 Å². The molecule has 0 amide bonds. The molecule has 7 heteroatoms. The van der Waals surface area contributed by atoms with E-state index in [4.69, 9.17) is 25.2 Å². The van der Waals surface area contributed by atoms with Gasteiger partial charge in [0, 0.05) is 40.0 Å². The van der Waals surface area contributed by atoms with Crippen LogP contribution in [0, 0.1) is 5.92 Å². The summed E-state index contributed by atoms with van der Waals surface area (Å²) in [6, 6.07) is 0. The smallest absolute Gasteiger partial charge is 0.329 e. The summed E-state index contributed by atoms with van der Waals surface area (Å²) in [5.74, 6) is 0.499. The Balaban J connectivity index is -0.0000000467. The van der Waals surface area contributed by atoms with E-state index in [9.17, 15) is 4.79 Å². The quantitative estimate of drug-likeness (QED) is 0.426. The van der Waals surface area contributed by atoms with Gasteiger partial charge in [-0.15, -0.1) is 0 Å². The largest absolute Gasteiger partial charge is 0.480 e. The molecule has 156 valence electrons. The summed E-state index contributed by atoms with van der Waals surface area (Å²) >= 11 is 0. The van der Waals surface area contributed by atoms with Gasteiger partial charge in [0.25, 0.3) is 0 Å². The van der Waals surface area contributed by atoms with Crippen molar-refractivity contribution in [3.05, 3.63) is 5.92 Å². The van der Waals surface area contributed by atoms with E-state index >= 15 is 0 Å². The molecule has 0 saturated carbocycles. The second-order valence-corrected chi connectivity index (χ2v) is 6.53. The Bertz CT molecular complexity index is 185. The average Bonchev–Trinajstić information content (AvgIpc) is 2.22. The van der Waals surface area contributed by atoms with Crippen LogP contribution in [-0.4, -0.2) is 57.4 Å². The maximum atomic E-state index is 9.78. The summed E-state index contributed by atoms with van der Waals surface area (Å²) in [7, 11) is 0. The van der Waals surface area contributed by atoms with E-state index in [1.807, 2.05) is 0 Å². The predicted molar refractivity (Wildman–Crippen MR) is 101 cm³/mol. The fourth-order valence-corrected chi connectivity index (χ4v) is 0.238. The molecular formula is C18H43O6Ti-. The van der Waals surface area contributed by atoms with Gasteiger partial charge in [0.1, 0.15) is 6.61 Å². The molecule has 0 unspecified atom stereocenters. The van der Waals surface area contributed by atoms with E-state index in [0.717, 1.165) is 0 Å². The van der Waals surface area contributed by atoms with Crippen molar-refractivity contribution in [2.75, 3.05) is 6.61 Å². The molecule has 4 N–H and O–H groups in total. The average molecular weight is 403 g/mol. The van der Waals surface area contributed by atoms with Gasteiger partial charge in [0.15, 0.2) is 0 Å². The topological polar surface area (TPSA) is 107 Å². The maximum Gasteiger partial charge on any atom is 0.329 e. The van der Waals surface area contributed by atoms with Gasteiger partial charge in [-0.3, -0.25) is 0 Å².